The van der Waals surface area contributed by atoms with Crippen LogP contribution in [0.1, 0.15) is 16.9 Å². The Morgan fingerprint density at radius 2 is 2.04 bits per heavy atom. The molecule has 0 spiro atoms. The highest BCUT2D eigenvalue weighted by molar-refractivity contribution is 7.22. The number of thiophene rings is 1. The number of rotatable bonds is 8. The SMILES string of the molecule is COc1ccc(C)c2sc(N(CCCN(C)C)C(=O)Cc3cccs3)nc12. The Balaban J connectivity index is 1.92. The van der Waals surface area contributed by atoms with Crippen molar-refractivity contribution in [2.45, 2.75) is 19.8 Å². The maximum atomic E-state index is 13.1. The minimum Gasteiger partial charge on any atom is -0.494 e. The van der Waals surface area contributed by atoms with Crippen molar-refractivity contribution < 1.29 is 9.53 Å². The summed E-state index contributed by atoms with van der Waals surface area (Å²) in [5, 5.41) is 2.75. The molecule has 2 aromatic heterocycles. The second-order valence-corrected chi connectivity index (χ2v) is 8.73. The number of carbonyl (C=O) groups is 1. The second-order valence-electron chi connectivity index (χ2n) is 6.72. The standard InChI is InChI=1S/C20H25N3O2S2/c1-14-8-9-16(25-4)18-19(14)27-20(21-18)23(11-6-10-22(2)3)17(24)13-15-7-5-12-26-15/h5,7-9,12H,6,10-11,13H2,1-4H3. The van der Waals surface area contributed by atoms with Gasteiger partial charge in [0.05, 0.1) is 18.2 Å². The Morgan fingerprint density at radius 3 is 2.70 bits per heavy atom. The summed E-state index contributed by atoms with van der Waals surface area (Å²) < 4.78 is 6.54. The van der Waals surface area contributed by atoms with Crippen molar-refractivity contribution in [1.29, 1.82) is 0 Å². The van der Waals surface area contributed by atoms with Crippen LogP contribution in [0.4, 0.5) is 5.13 Å². The number of methoxy groups -OCH3 is 1. The van der Waals surface area contributed by atoms with E-state index in [0.717, 1.165) is 44.5 Å². The van der Waals surface area contributed by atoms with E-state index in [1.54, 1.807) is 29.8 Å². The lowest BCUT2D eigenvalue weighted by molar-refractivity contribution is -0.118. The van der Waals surface area contributed by atoms with Gasteiger partial charge >= 0.3 is 0 Å². The fourth-order valence-corrected chi connectivity index (χ4v) is 4.70. The molecule has 0 saturated heterocycles. The molecular formula is C20H25N3O2S2. The average Bonchev–Trinajstić information content (AvgIpc) is 3.29. The summed E-state index contributed by atoms with van der Waals surface area (Å²) in [6, 6.07) is 7.96. The lowest BCUT2D eigenvalue weighted by atomic mass is 10.2. The van der Waals surface area contributed by atoms with Crippen LogP contribution in [0.3, 0.4) is 0 Å². The molecule has 0 bridgehead atoms. The number of hydrogen-bond donors (Lipinski definition) is 0. The van der Waals surface area contributed by atoms with E-state index in [0.29, 0.717) is 13.0 Å². The monoisotopic (exact) mass is 403 g/mol. The molecule has 0 atom stereocenters. The maximum Gasteiger partial charge on any atom is 0.234 e. The first-order chi connectivity index (χ1) is 13.0. The van der Waals surface area contributed by atoms with E-state index in [1.807, 2.05) is 48.6 Å². The molecule has 3 aromatic rings. The van der Waals surface area contributed by atoms with Crippen molar-refractivity contribution in [3.63, 3.8) is 0 Å². The number of nitrogens with zero attached hydrogens (tertiary/aromatic N) is 3. The summed E-state index contributed by atoms with van der Waals surface area (Å²) >= 11 is 3.18. The summed E-state index contributed by atoms with van der Waals surface area (Å²) in [5.41, 5.74) is 1.98. The van der Waals surface area contributed by atoms with Crippen LogP contribution in [0.2, 0.25) is 0 Å². The van der Waals surface area contributed by atoms with Gasteiger partial charge < -0.3 is 9.64 Å². The molecule has 0 unspecified atom stereocenters. The molecule has 0 radical (unpaired) electrons. The van der Waals surface area contributed by atoms with Crippen molar-refractivity contribution >= 4 is 43.9 Å². The third kappa shape index (κ3) is 4.66. The Bertz CT molecular complexity index is 903. The number of hydrogen-bond acceptors (Lipinski definition) is 6. The molecule has 0 aliphatic heterocycles. The molecule has 27 heavy (non-hydrogen) atoms. The summed E-state index contributed by atoms with van der Waals surface area (Å²) in [6.45, 7) is 3.65. The molecule has 3 rings (SSSR count). The van der Waals surface area contributed by atoms with Gasteiger partial charge in [-0.15, -0.1) is 11.3 Å². The van der Waals surface area contributed by atoms with Crippen molar-refractivity contribution in [3.8, 4) is 5.75 Å². The van der Waals surface area contributed by atoms with E-state index in [9.17, 15) is 4.79 Å². The van der Waals surface area contributed by atoms with Crippen LogP contribution >= 0.6 is 22.7 Å². The second kappa shape index (κ2) is 8.82. The largest absolute Gasteiger partial charge is 0.494 e. The molecule has 7 heteroatoms. The highest BCUT2D eigenvalue weighted by Gasteiger charge is 2.22. The molecule has 1 aromatic carbocycles. The lowest BCUT2D eigenvalue weighted by Crippen LogP contribution is -2.34. The third-order valence-electron chi connectivity index (χ3n) is 4.34. The van der Waals surface area contributed by atoms with Gasteiger partial charge in [0.1, 0.15) is 11.3 Å². The summed E-state index contributed by atoms with van der Waals surface area (Å²) in [6.07, 6.45) is 1.31. The zero-order valence-corrected chi connectivity index (χ0v) is 17.8. The Kier molecular flexibility index (Phi) is 6.46. The van der Waals surface area contributed by atoms with Gasteiger partial charge in [0.2, 0.25) is 5.91 Å². The van der Waals surface area contributed by atoms with Gasteiger partial charge in [-0.1, -0.05) is 23.5 Å². The van der Waals surface area contributed by atoms with Crippen LogP contribution in [0.15, 0.2) is 29.6 Å². The van der Waals surface area contributed by atoms with Gasteiger partial charge in [0.25, 0.3) is 0 Å². The molecule has 144 valence electrons. The summed E-state index contributed by atoms with van der Waals surface area (Å²) in [7, 11) is 5.74. The number of benzene rings is 1. The van der Waals surface area contributed by atoms with Crippen molar-refractivity contribution in [2.75, 3.05) is 39.2 Å². The minimum atomic E-state index is 0.0897. The van der Waals surface area contributed by atoms with Gasteiger partial charge in [-0.05, 0) is 57.1 Å². The van der Waals surface area contributed by atoms with Gasteiger partial charge in [-0.25, -0.2) is 4.98 Å². The fraction of sp³-hybridized carbons (Fsp3) is 0.400. The van der Waals surface area contributed by atoms with Crippen molar-refractivity contribution in [3.05, 3.63) is 40.1 Å². The average molecular weight is 404 g/mol. The zero-order chi connectivity index (χ0) is 19.4. The molecule has 0 aliphatic rings. The first-order valence-corrected chi connectivity index (χ1v) is 10.6. The first-order valence-electron chi connectivity index (χ1n) is 8.91. The summed E-state index contributed by atoms with van der Waals surface area (Å²) in [5.74, 6) is 0.837. The number of fused-ring (bicyclic) bond motifs is 1. The minimum absolute atomic E-state index is 0.0897. The molecule has 0 saturated carbocycles. The fourth-order valence-electron chi connectivity index (χ4n) is 2.91. The molecule has 0 fully saturated rings. The summed E-state index contributed by atoms with van der Waals surface area (Å²) in [4.78, 5) is 22.9. The number of ether oxygens (including phenoxy) is 1. The molecule has 1 amide bonds. The molecular weight excluding hydrogens is 378 g/mol. The van der Waals surface area contributed by atoms with E-state index in [2.05, 4.69) is 11.8 Å². The molecule has 0 N–H and O–H groups in total. The third-order valence-corrected chi connectivity index (χ3v) is 6.43. The smallest absolute Gasteiger partial charge is 0.234 e. The number of aryl methyl sites for hydroxylation is 1. The van der Waals surface area contributed by atoms with Crippen LogP contribution in [-0.2, 0) is 11.2 Å². The van der Waals surface area contributed by atoms with Crippen LogP contribution < -0.4 is 9.64 Å². The number of aromatic nitrogens is 1. The predicted molar refractivity (Wildman–Crippen MR) is 114 cm³/mol. The quantitative estimate of drug-likeness (QED) is 0.565. The number of thiazole rings is 1. The normalized spacial score (nSPS) is 11.3. The van der Waals surface area contributed by atoms with Gasteiger partial charge in [-0.2, -0.15) is 0 Å². The van der Waals surface area contributed by atoms with E-state index in [1.165, 1.54) is 0 Å². The molecule has 5 nitrogen and oxygen atoms in total. The highest BCUT2D eigenvalue weighted by Crippen LogP contribution is 2.36. The van der Waals surface area contributed by atoms with Crippen LogP contribution in [-0.4, -0.2) is 50.1 Å². The molecule has 2 heterocycles. The lowest BCUT2D eigenvalue weighted by Gasteiger charge is -2.20. The van der Waals surface area contributed by atoms with Crippen LogP contribution in [0.5, 0.6) is 5.75 Å². The molecule has 0 aliphatic carbocycles. The predicted octanol–water partition coefficient (Wildman–Crippen LogP) is 4.20. The Labute approximate surface area is 168 Å². The van der Waals surface area contributed by atoms with E-state index in [-0.39, 0.29) is 5.91 Å². The Hall–Kier alpha value is -1.96. The Morgan fingerprint density at radius 1 is 1.22 bits per heavy atom. The van der Waals surface area contributed by atoms with E-state index < -0.39 is 0 Å². The van der Waals surface area contributed by atoms with Gasteiger partial charge in [0.15, 0.2) is 5.13 Å². The number of anilines is 1. The van der Waals surface area contributed by atoms with Crippen molar-refractivity contribution in [2.24, 2.45) is 0 Å². The maximum absolute atomic E-state index is 13.1. The van der Waals surface area contributed by atoms with Gasteiger partial charge in [-0.3, -0.25) is 9.69 Å². The van der Waals surface area contributed by atoms with E-state index >= 15 is 0 Å². The van der Waals surface area contributed by atoms with Crippen LogP contribution in [0, 0.1) is 6.92 Å². The number of amides is 1. The zero-order valence-electron chi connectivity index (χ0n) is 16.2. The van der Waals surface area contributed by atoms with Gasteiger partial charge in [0, 0.05) is 11.4 Å². The van der Waals surface area contributed by atoms with Crippen molar-refractivity contribution in [1.82, 2.24) is 9.88 Å². The topological polar surface area (TPSA) is 45.7 Å². The highest BCUT2D eigenvalue weighted by atomic mass is 32.1. The number of carbonyl (C=O) groups excluding carboxylic acids is 1. The van der Waals surface area contributed by atoms with Crippen LogP contribution in [0.25, 0.3) is 10.2 Å². The first kappa shape index (κ1) is 19.8. The van der Waals surface area contributed by atoms with E-state index in [4.69, 9.17) is 9.72 Å².